The number of carbonyl (C=O) groups is 1. The molecule has 2 N–H and O–H groups in total. The second-order valence-corrected chi connectivity index (χ2v) is 5.12. The molecule has 0 amide bonds. The Balaban J connectivity index is 2.69. The molecular formula is C17H19NO4. The lowest BCUT2D eigenvalue weighted by Crippen LogP contribution is -2.10. The molecule has 116 valence electrons. The van der Waals surface area contributed by atoms with E-state index in [1.165, 1.54) is 7.11 Å². The van der Waals surface area contributed by atoms with Crippen LogP contribution < -0.4 is 9.64 Å². The highest BCUT2D eigenvalue weighted by Crippen LogP contribution is 2.35. The third kappa shape index (κ3) is 3.04. The van der Waals surface area contributed by atoms with Crippen LogP contribution in [-0.4, -0.2) is 37.4 Å². The number of hydrogen-bond donors (Lipinski definition) is 2. The summed E-state index contributed by atoms with van der Waals surface area (Å²) in [6.45, 7) is -0.143. The van der Waals surface area contributed by atoms with Crippen molar-refractivity contribution in [2.24, 2.45) is 0 Å². The van der Waals surface area contributed by atoms with Gasteiger partial charge in [-0.25, -0.2) is 4.79 Å². The van der Waals surface area contributed by atoms with Crippen LogP contribution >= 0.6 is 0 Å². The quantitative estimate of drug-likeness (QED) is 0.888. The van der Waals surface area contributed by atoms with E-state index in [0.717, 1.165) is 16.8 Å². The number of anilines is 1. The SMILES string of the molecule is COc1c(CO)cccc1-c1cc(C(=O)O)cc(N(C)C)c1. The number of aliphatic hydroxyl groups excluding tert-OH is 1. The van der Waals surface area contributed by atoms with Gasteiger partial charge in [-0.1, -0.05) is 18.2 Å². The molecule has 0 aliphatic carbocycles. The van der Waals surface area contributed by atoms with Gasteiger partial charge in [-0.15, -0.1) is 0 Å². The summed E-state index contributed by atoms with van der Waals surface area (Å²) in [5.41, 5.74) is 3.13. The number of carboxylic acid groups (broad SMARTS) is 1. The Hall–Kier alpha value is -2.53. The predicted octanol–water partition coefficient (Wildman–Crippen LogP) is 2.62. The molecule has 0 bridgehead atoms. The minimum Gasteiger partial charge on any atom is -0.496 e. The fraction of sp³-hybridized carbons (Fsp3) is 0.235. The number of aliphatic hydroxyl groups is 1. The van der Waals surface area contributed by atoms with Gasteiger partial charge >= 0.3 is 5.97 Å². The standard InChI is InChI=1S/C17H19NO4/c1-18(2)14-8-12(7-13(9-14)17(20)21)15-6-4-5-11(10-19)16(15)22-3/h4-9,19H,10H2,1-3H3,(H,20,21). The largest absolute Gasteiger partial charge is 0.496 e. The zero-order chi connectivity index (χ0) is 16.3. The molecule has 0 fully saturated rings. The van der Waals surface area contributed by atoms with Crippen LogP contribution in [0.1, 0.15) is 15.9 Å². The summed E-state index contributed by atoms with van der Waals surface area (Å²) < 4.78 is 5.40. The van der Waals surface area contributed by atoms with Gasteiger partial charge in [-0.2, -0.15) is 0 Å². The zero-order valence-corrected chi connectivity index (χ0v) is 12.8. The molecule has 0 aliphatic heterocycles. The number of rotatable bonds is 5. The van der Waals surface area contributed by atoms with Gasteiger partial charge < -0.3 is 19.8 Å². The smallest absolute Gasteiger partial charge is 0.335 e. The molecule has 5 nitrogen and oxygen atoms in total. The molecule has 2 aromatic carbocycles. The van der Waals surface area contributed by atoms with E-state index < -0.39 is 5.97 Å². The summed E-state index contributed by atoms with van der Waals surface area (Å²) in [6.07, 6.45) is 0. The van der Waals surface area contributed by atoms with Crippen molar-refractivity contribution in [2.45, 2.75) is 6.61 Å². The fourth-order valence-corrected chi connectivity index (χ4v) is 2.33. The molecule has 0 atom stereocenters. The predicted molar refractivity (Wildman–Crippen MR) is 85.6 cm³/mol. The maximum atomic E-state index is 11.3. The van der Waals surface area contributed by atoms with Gasteiger partial charge in [0, 0.05) is 30.9 Å². The molecule has 0 saturated carbocycles. The average molecular weight is 301 g/mol. The number of carboxylic acids is 1. The Labute approximate surface area is 129 Å². The van der Waals surface area contributed by atoms with Crippen molar-refractivity contribution < 1.29 is 19.7 Å². The minimum atomic E-state index is -0.984. The second kappa shape index (κ2) is 6.49. The maximum Gasteiger partial charge on any atom is 0.335 e. The van der Waals surface area contributed by atoms with Crippen LogP contribution in [0.4, 0.5) is 5.69 Å². The monoisotopic (exact) mass is 301 g/mol. The van der Waals surface area contributed by atoms with Gasteiger partial charge in [0.2, 0.25) is 0 Å². The minimum absolute atomic E-state index is 0.143. The summed E-state index contributed by atoms with van der Waals surface area (Å²) in [5, 5.41) is 18.7. The molecule has 0 heterocycles. The third-order valence-corrected chi connectivity index (χ3v) is 3.46. The van der Waals surface area contributed by atoms with Crippen LogP contribution in [0.25, 0.3) is 11.1 Å². The summed E-state index contributed by atoms with van der Waals surface area (Å²) in [5.74, 6) is -0.431. The Morgan fingerprint density at radius 3 is 2.50 bits per heavy atom. The first kappa shape index (κ1) is 15.9. The summed E-state index contributed by atoms with van der Waals surface area (Å²) in [4.78, 5) is 13.2. The molecule has 0 saturated heterocycles. The van der Waals surface area contributed by atoms with Crippen molar-refractivity contribution in [3.05, 3.63) is 47.5 Å². The number of para-hydroxylation sites is 1. The van der Waals surface area contributed by atoms with E-state index in [0.29, 0.717) is 11.3 Å². The van der Waals surface area contributed by atoms with Gasteiger partial charge in [0.25, 0.3) is 0 Å². The van der Waals surface area contributed by atoms with Crippen molar-refractivity contribution in [3.8, 4) is 16.9 Å². The Morgan fingerprint density at radius 2 is 1.95 bits per heavy atom. The van der Waals surface area contributed by atoms with Crippen molar-refractivity contribution in [2.75, 3.05) is 26.1 Å². The molecule has 5 heteroatoms. The first-order valence-electron chi connectivity index (χ1n) is 6.80. The molecule has 0 aromatic heterocycles. The molecular weight excluding hydrogens is 282 g/mol. The average Bonchev–Trinajstić information content (AvgIpc) is 2.53. The zero-order valence-electron chi connectivity index (χ0n) is 12.8. The van der Waals surface area contributed by atoms with Crippen LogP contribution in [-0.2, 0) is 6.61 Å². The molecule has 0 radical (unpaired) electrons. The van der Waals surface area contributed by atoms with Gasteiger partial charge in [0.15, 0.2) is 0 Å². The number of hydrogen-bond acceptors (Lipinski definition) is 4. The number of benzene rings is 2. The molecule has 0 spiro atoms. The Kier molecular flexibility index (Phi) is 4.68. The summed E-state index contributed by atoms with van der Waals surface area (Å²) in [6, 6.07) is 10.6. The number of nitrogens with zero attached hydrogens (tertiary/aromatic N) is 1. The lowest BCUT2D eigenvalue weighted by atomic mass is 9.98. The summed E-state index contributed by atoms with van der Waals surface area (Å²) >= 11 is 0. The highest BCUT2D eigenvalue weighted by Gasteiger charge is 2.14. The highest BCUT2D eigenvalue weighted by molar-refractivity contribution is 5.92. The normalized spacial score (nSPS) is 10.4. The van der Waals surface area contributed by atoms with Crippen LogP contribution in [0.2, 0.25) is 0 Å². The number of methoxy groups -OCH3 is 1. The van der Waals surface area contributed by atoms with Crippen molar-refractivity contribution in [1.82, 2.24) is 0 Å². The van der Waals surface area contributed by atoms with Crippen molar-refractivity contribution in [1.29, 1.82) is 0 Å². The molecule has 22 heavy (non-hydrogen) atoms. The van der Waals surface area contributed by atoms with E-state index in [1.54, 1.807) is 18.2 Å². The lowest BCUT2D eigenvalue weighted by Gasteiger charge is -2.17. The molecule has 0 unspecified atom stereocenters. The van der Waals surface area contributed by atoms with Crippen LogP contribution in [0, 0.1) is 0 Å². The first-order chi connectivity index (χ1) is 10.5. The fourth-order valence-electron chi connectivity index (χ4n) is 2.33. The van der Waals surface area contributed by atoms with E-state index in [4.69, 9.17) is 4.74 Å². The van der Waals surface area contributed by atoms with E-state index in [9.17, 15) is 15.0 Å². The van der Waals surface area contributed by atoms with E-state index in [-0.39, 0.29) is 12.2 Å². The van der Waals surface area contributed by atoms with Crippen LogP contribution in [0.3, 0.4) is 0 Å². The number of aromatic carboxylic acids is 1. The topological polar surface area (TPSA) is 70.0 Å². The molecule has 2 rings (SSSR count). The highest BCUT2D eigenvalue weighted by atomic mass is 16.5. The lowest BCUT2D eigenvalue weighted by molar-refractivity contribution is 0.0697. The van der Waals surface area contributed by atoms with E-state index >= 15 is 0 Å². The molecule has 0 aliphatic rings. The molecule has 2 aromatic rings. The first-order valence-corrected chi connectivity index (χ1v) is 6.80. The van der Waals surface area contributed by atoms with Gasteiger partial charge in [0.05, 0.1) is 19.3 Å². The van der Waals surface area contributed by atoms with Crippen molar-refractivity contribution in [3.63, 3.8) is 0 Å². The number of ether oxygens (including phenoxy) is 1. The van der Waals surface area contributed by atoms with Crippen LogP contribution in [0.5, 0.6) is 5.75 Å². The van der Waals surface area contributed by atoms with Gasteiger partial charge in [-0.05, 0) is 23.8 Å². The second-order valence-electron chi connectivity index (χ2n) is 5.12. The van der Waals surface area contributed by atoms with Gasteiger partial charge in [-0.3, -0.25) is 0 Å². The Morgan fingerprint density at radius 1 is 1.23 bits per heavy atom. The van der Waals surface area contributed by atoms with Gasteiger partial charge in [0.1, 0.15) is 5.75 Å². The maximum absolute atomic E-state index is 11.3. The van der Waals surface area contributed by atoms with E-state index in [1.807, 2.05) is 37.2 Å². The Bertz CT molecular complexity index is 695. The van der Waals surface area contributed by atoms with E-state index in [2.05, 4.69) is 0 Å². The third-order valence-electron chi connectivity index (χ3n) is 3.46. The van der Waals surface area contributed by atoms with Crippen LogP contribution in [0.15, 0.2) is 36.4 Å². The van der Waals surface area contributed by atoms with Crippen molar-refractivity contribution >= 4 is 11.7 Å². The summed E-state index contributed by atoms with van der Waals surface area (Å²) in [7, 11) is 5.24.